The Morgan fingerprint density at radius 1 is 0.889 bits per heavy atom. The number of carbonyl (C=O) groups is 2. The zero-order valence-electron chi connectivity index (χ0n) is 20.5. The van der Waals surface area contributed by atoms with Crippen LogP contribution in [0.4, 0.5) is 11.4 Å². The van der Waals surface area contributed by atoms with Gasteiger partial charge in [0.25, 0.3) is 11.8 Å². The molecule has 0 aliphatic carbocycles. The number of halogens is 1. The Kier molecular flexibility index (Phi) is 8.39. The molecule has 0 saturated carbocycles. The van der Waals surface area contributed by atoms with Crippen LogP contribution >= 0.6 is 15.9 Å². The lowest BCUT2D eigenvalue weighted by Crippen LogP contribution is -2.30. The first-order valence-electron chi connectivity index (χ1n) is 12.1. The highest BCUT2D eigenvalue weighted by atomic mass is 79.9. The highest BCUT2D eigenvalue weighted by Crippen LogP contribution is 2.29. The molecule has 184 valence electrons. The van der Waals surface area contributed by atoms with Gasteiger partial charge >= 0.3 is 0 Å². The van der Waals surface area contributed by atoms with Crippen molar-refractivity contribution in [3.8, 4) is 5.75 Å². The summed E-state index contributed by atoms with van der Waals surface area (Å²) >= 11 is 3.49. The molecule has 0 aliphatic rings. The van der Waals surface area contributed by atoms with Crippen LogP contribution in [0.5, 0.6) is 5.75 Å². The number of carbonyl (C=O) groups excluding carboxylic acids is 2. The predicted molar refractivity (Wildman–Crippen MR) is 150 cm³/mol. The summed E-state index contributed by atoms with van der Waals surface area (Å²) in [4.78, 5) is 27.9. The van der Waals surface area contributed by atoms with E-state index >= 15 is 0 Å². The Morgan fingerprint density at radius 3 is 2.33 bits per heavy atom. The van der Waals surface area contributed by atoms with Crippen molar-refractivity contribution in [2.45, 2.75) is 26.7 Å². The van der Waals surface area contributed by atoms with Gasteiger partial charge in [-0.05, 0) is 83.2 Å². The van der Waals surface area contributed by atoms with Crippen molar-refractivity contribution in [3.05, 3.63) is 101 Å². The highest BCUT2D eigenvalue weighted by Gasteiger charge is 2.18. The van der Waals surface area contributed by atoms with Crippen LogP contribution in [0.2, 0.25) is 0 Å². The van der Waals surface area contributed by atoms with E-state index in [1.54, 1.807) is 47.4 Å². The zero-order valence-corrected chi connectivity index (χ0v) is 22.0. The summed E-state index contributed by atoms with van der Waals surface area (Å²) < 4.78 is 6.47. The Hall–Kier alpha value is -3.64. The van der Waals surface area contributed by atoms with Crippen LogP contribution in [0.3, 0.4) is 0 Å². The normalized spacial score (nSPS) is 10.8. The van der Waals surface area contributed by atoms with Crippen molar-refractivity contribution in [2.24, 2.45) is 0 Å². The third-order valence-corrected chi connectivity index (χ3v) is 6.58. The number of hydrogen-bond acceptors (Lipinski definition) is 3. The second-order valence-electron chi connectivity index (χ2n) is 8.43. The van der Waals surface area contributed by atoms with Gasteiger partial charge in [-0.3, -0.25) is 9.59 Å². The first kappa shape index (κ1) is 25.5. The molecule has 0 unspecified atom stereocenters. The van der Waals surface area contributed by atoms with Crippen LogP contribution in [-0.2, 0) is 0 Å². The van der Waals surface area contributed by atoms with Gasteiger partial charge in [-0.1, -0.05) is 49.7 Å². The third-order valence-electron chi connectivity index (χ3n) is 5.96. The summed E-state index contributed by atoms with van der Waals surface area (Å²) in [6.45, 7) is 5.26. The van der Waals surface area contributed by atoms with Crippen LogP contribution < -0.4 is 15.0 Å². The Bertz CT molecular complexity index is 1360. The van der Waals surface area contributed by atoms with Crippen LogP contribution in [0.15, 0.2) is 89.4 Å². The molecule has 36 heavy (non-hydrogen) atoms. The molecule has 2 amide bonds. The molecular formula is C30H29BrN2O3. The summed E-state index contributed by atoms with van der Waals surface area (Å²) in [5.41, 5.74) is 2.56. The van der Waals surface area contributed by atoms with E-state index in [9.17, 15) is 9.59 Å². The fourth-order valence-corrected chi connectivity index (χ4v) is 4.50. The van der Waals surface area contributed by atoms with E-state index in [1.807, 2.05) is 49.4 Å². The molecule has 1 N–H and O–H groups in total. The number of hydrogen-bond donors (Lipinski definition) is 1. The summed E-state index contributed by atoms with van der Waals surface area (Å²) in [7, 11) is 0. The molecular weight excluding hydrogens is 516 g/mol. The van der Waals surface area contributed by atoms with Gasteiger partial charge in [-0.15, -0.1) is 0 Å². The van der Waals surface area contributed by atoms with Gasteiger partial charge in [-0.2, -0.15) is 0 Å². The number of ether oxygens (including phenoxy) is 1. The Morgan fingerprint density at radius 2 is 1.61 bits per heavy atom. The van der Waals surface area contributed by atoms with Crippen molar-refractivity contribution < 1.29 is 14.3 Å². The standard InChI is InChI=1S/C30H29BrN2O3/c1-3-5-19-36-28-18-15-23(20-26(28)31)29(34)32-24-16-13-22(14-17-24)30(35)33(4-2)27-12-8-10-21-9-6-7-11-25(21)27/h6-18,20H,3-5,19H2,1-2H3,(H,32,34). The third kappa shape index (κ3) is 5.77. The Balaban J connectivity index is 1.46. The lowest BCUT2D eigenvalue weighted by atomic mass is 10.1. The van der Waals surface area contributed by atoms with Gasteiger partial charge in [0.15, 0.2) is 0 Å². The lowest BCUT2D eigenvalue weighted by molar-refractivity contribution is 0.0987. The van der Waals surface area contributed by atoms with E-state index in [2.05, 4.69) is 28.2 Å². The number of unbranched alkanes of at least 4 members (excludes halogenated alkanes) is 1. The molecule has 5 nitrogen and oxygen atoms in total. The highest BCUT2D eigenvalue weighted by molar-refractivity contribution is 9.10. The van der Waals surface area contributed by atoms with Crippen molar-refractivity contribution in [3.63, 3.8) is 0 Å². The maximum atomic E-state index is 13.4. The number of anilines is 2. The van der Waals surface area contributed by atoms with Crippen LogP contribution in [-0.4, -0.2) is 25.0 Å². The summed E-state index contributed by atoms with van der Waals surface area (Å²) in [5, 5.41) is 5.02. The first-order valence-corrected chi connectivity index (χ1v) is 12.9. The largest absolute Gasteiger partial charge is 0.492 e. The zero-order chi connectivity index (χ0) is 25.5. The van der Waals surface area contributed by atoms with Gasteiger partial charge in [-0.25, -0.2) is 0 Å². The lowest BCUT2D eigenvalue weighted by Gasteiger charge is -2.23. The van der Waals surface area contributed by atoms with Crippen molar-refractivity contribution >= 4 is 49.9 Å². The van der Waals surface area contributed by atoms with E-state index in [4.69, 9.17) is 4.74 Å². The van der Waals surface area contributed by atoms with Crippen LogP contribution in [0, 0.1) is 0 Å². The monoisotopic (exact) mass is 544 g/mol. The number of fused-ring (bicyclic) bond motifs is 1. The molecule has 4 aromatic rings. The van der Waals surface area contributed by atoms with E-state index in [0.717, 1.165) is 39.5 Å². The van der Waals surface area contributed by atoms with Gasteiger partial charge in [0.05, 0.1) is 16.8 Å². The fourth-order valence-electron chi connectivity index (χ4n) is 4.01. The molecule has 0 spiro atoms. The van der Waals surface area contributed by atoms with Crippen molar-refractivity contribution in [1.82, 2.24) is 0 Å². The summed E-state index contributed by atoms with van der Waals surface area (Å²) in [6, 6.07) is 26.3. The molecule has 4 aromatic carbocycles. The average molecular weight is 545 g/mol. The smallest absolute Gasteiger partial charge is 0.258 e. The summed E-state index contributed by atoms with van der Waals surface area (Å²) in [5.74, 6) is 0.393. The second-order valence-corrected chi connectivity index (χ2v) is 9.28. The molecule has 6 heteroatoms. The van der Waals surface area contributed by atoms with E-state index in [1.165, 1.54) is 0 Å². The minimum Gasteiger partial charge on any atom is -0.492 e. The predicted octanol–water partition coefficient (Wildman–Crippen LogP) is 7.70. The number of nitrogens with one attached hydrogen (secondary N) is 1. The van der Waals surface area contributed by atoms with E-state index < -0.39 is 0 Å². The number of benzene rings is 4. The quantitative estimate of drug-likeness (QED) is 0.219. The number of amides is 2. The Labute approximate surface area is 220 Å². The molecule has 0 aliphatic heterocycles. The average Bonchev–Trinajstić information content (AvgIpc) is 2.90. The van der Waals surface area contributed by atoms with E-state index in [0.29, 0.717) is 30.0 Å². The van der Waals surface area contributed by atoms with Gasteiger partial charge in [0.1, 0.15) is 5.75 Å². The second kappa shape index (κ2) is 11.9. The fraction of sp³-hybridized carbons (Fsp3) is 0.200. The maximum Gasteiger partial charge on any atom is 0.258 e. The molecule has 0 bridgehead atoms. The van der Waals surface area contributed by atoms with Crippen molar-refractivity contribution in [2.75, 3.05) is 23.4 Å². The van der Waals surface area contributed by atoms with Crippen molar-refractivity contribution in [1.29, 1.82) is 0 Å². The topological polar surface area (TPSA) is 58.6 Å². The molecule has 0 radical (unpaired) electrons. The number of rotatable bonds is 9. The van der Waals surface area contributed by atoms with Gasteiger partial charge in [0, 0.05) is 28.7 Å². The molecule has 0 aromatic heterocycles. The van der Waals surface area contributed by atoms with Crippen LogP contribution in [0.25, 0.3) is 10.8 Å². The maximum absolute atomic E-state index is 13.4. The minimum atomic E-state index is -0.235. The molecule has 0 heterocycles. The molecule has 0 fully saturated rings. The SMILES string of the molecule is CCCCOc1ccc(C(=O)Nc2ccc(C(=O)N(CC)c3cccc4ccccc34)cc2)cc1Br. The number of nitrogens with zero attached hydrogens (tertiary/aromatic N) is 1. The van der Waals surface area contributed by atoms with Gasteiger partial charge in [0.2, 0.25) is 0 Å². The summed E-state index contributed by atoms with van der Waals surface area (Å²) in [6.07, 6.45) is 2.03. The molecule has 4 rings (SSSR count). The van der Waals surface area contributed by atoms with Crippen LogP contribution in [0.1, 0.15) is 47.4 Å². The molecule has 0 atom stereocenters. The minimum absolute atomic E-state index is 0.0886. The van der Waals surface area contributed by atoms with Gasteiger partial charge < -0.3 is 15.0 Å². The molecule has 0 saturated heterocycles. The van der Waals surface area contributed by atoms with E-state index in [-0.39, 0.29) is 11.8 Å². The first-order chi connectivity index (χ1) is 17.5.